The number of nitrogens with zero attached hydrogens (tertiary/aromatic N) is 1. The quantitative estimate of drug-likeness (QED) is 0.714. The summed E-state index contributed by atoms with van der Waals surface area (Å²) in [6.07, 6.45) is -4.87. The van der Waals surface area contributed by atoms with Crippen molar-refractivity contribution in [1.29, 1.82) is 5.26 Å². The third-order valence-electron chi connectivity index (χ3n) is 3.18. The van der Waals surface area contributed by atoms with Crippen LogP contribution in [-0.4, -0.2) is 17.9 Å². The van der Waals surface area contributed by atoms with Crippen LogP contribution >= 0.6 is 0 Å². The highest BCUT2D eigenvalue weighted by Crippen LogP contribution is 2.30. The van der Waals surface area contributed by atoms with E-state index in [9.17, 15) is 18.0 Å². The number of hydrogen-bond donors (Lipinski definition) is 0. The Morgan fingerprint density at radius 1 is 1.00 bits per heavy atom. The first-order chi connectivity index (χ1) is 12.0. The van der Waals surface area contributed by atoms with Crippen molar-refractivity contribution in [2.45, 2.75) is 32.7 Å². The summed E-state index contributed by atoms with van der Waals surface area (Å²) in [5.74, 6) is -1.04. The van der Waals surface area contributed by atoms with E-state index in [4.69, 9.17) is 10.00 Å². The first-order valence-corrected chi connectivity index (χ1v) is 7.62. The van der Waals surface area contributed by atoms with Crippen LogP contribution in [0, 0.1) is 11.3 Å². The number of carbonyl (C=O) groups is 1. The van der Waals surface area contributed by atoms with Gasteiger partial charge in [0.1, 0.15) is 17.4 Å². The van der Waals surface area contributed by atoms with Crippen molar-refractivity contribution >= 4 is 5.97 Å². The molecule has 0 aliphatic heterocycles. The summed E-state index contributed by atoms with van der Waals surface area (Å²) in [4.78, 5) is 12.0. The van der Waals surface area contributed by atoms with Crippen LogP contribution in [0.25, 0.3) is 11.1 Å². The Bertz CT molecular complexity index is 844. The predicted molar refractivity (Wildman–Crippen MR) is 88.4 cm³/mol. The molecule has 0 saturated carbocycles. The Morgan fingerprint density at radius 2 is 1.58 bits per heavy atom. The number of halogens is 3. The summed E-state index contributed by atoms with van der Waals surface area (Å²) in [6, 6.07) is 11.8. The maximum atomic E-state index is 12.3. The summed E-state index contributed by atoms with van der Waals surface area (Å²) >= 11 is 0. The van der Waals surface area contributed by atoms with Gasteiger partial charge in [0.2, 0.25) is 0 Å². The average molecular weight is 363 g/mol. The van der Waals surface area contributed by atoms with Crippen LogP contribution in [0.4, 0.5) is 13.2 Å². The Balaban J connectivity index is 2.27. The lowest BCUT2D eigenvalue weighted by Gasteiger charge is -2.19. The molecule has 0 amide bonds. The molecular formula is C19H16F3NO3. The van der Waals surface area contributed by atoms with Gasteiger partial charge >= 0.3 is 12.3 Å². The maximum Gasteiger partial charge on any atom is 0.573 e. The highest BCUT2D eigenvalue weighted by molar-refractivity contribution is 5.90. The number of carbonyl (C=O) groups excluding carboxylic acids is 1. The summed E-state index contributed by atoms with van der Waals surface area (Å²) in [5, 5.41) is 9.05. The lowest BCUT2D eigenvalue weighted by Crippen LogP contribution is -2.23. The molecule has 0 unspecified atom stereocenters. The fourth-order valence-corrected chi connectivity index (χ4v) is 2.15. The second-order valence-corrected chi connectivity index (χ2v) is 6.45. The van der Waals surface area contributed by atoms with Crippen molar-refractivity contribution < 1.29 is 27.4 Å². The Hall–Kier alpha value is -3.01. The van der Waals surface area contributed by atoms with Crippen molar-refractivity contribution in [1.82, 2.24) is 0 Å². The molecule has 0 aliphatic carbocycles. The zero-order valence-electron chi connectivity index (χ0n) is 14.3. The smallest absolute Gasteiger partial charge is 0.456 e. The van der Waals surface area contributed by atoms with E-state index >= 15 is 0 Å². The molecule has 0 bridgehead atoms. The summed E-state index contributed by atoms with van der Waals surface area (Å²) in [6.45, 7) is 5.27. The average Bonchev–Trinajstić information content (AvgIpc) is 2.52. The second kappa shape index (κ2) is 7.08. The second-order valence-electron chi connectivity index (χ2n) is 6.45. The molecule has 4 nitrogen and oxygen atoms in total. The topological polar surface area (TPSA) is 59.3 Å². The number of ether oxygens (including phenoxy) is 2. The van der Waals surface area contributed by atoms with Crippen LogP contribution in [0.3, 0.4) is 0 Å². The molecule has 0 fully saturated rings. The third-order valence-corrected chi connectivity index (χ3v) is 3.18. The van der Waals surface area contributed by atoms with Crippen LogP contribution < -0.4 is 4.74 Å². The highest BCUT2D eigenvalue weighted by atomic mass is 19.4. The molecule has 0 saturated heterocycles. The van der Waals surface area contributed by atoms with E-state index in [1.165, 1.54) is 12.1 Å². The highest BCUT2D eigenvalue weighted by Gasteiger charge is 2.32. The molecule has 2 rings (SSSR count). The van der Waals surface area contributed by atoms with Crippen LogP contribution in [0.2, 0.25) is 0 Å². The number of nitriles is 1. The zero-order chi connectivity index (χ0) is 19.5. The van der Waals surface area contributed by atoms with Crippen molar-refractivity contribution in [2.24, 2.45) is 0 Å². The van der Waals surface area contributed by atoms with Gasteiger partial charge in [-0.05, 0) is 56.2 Å². The van der Waals surface area contributed by atoms with Gasteiger partial charge in [-0.3, -0.25) is 0 Å². The summed E-state index contributed by atoms with van der Waals surface area (Å²) < 4.78 is 46.1. The fourth-order valence-electron chi connectivity index (χ4n) is 2.15. The van der Waals surface area contributed by atoms with Crippen molar-refractivity contribution in [3.63, 3.8) is 0 Å². The van der Waals surface area contributed by atoms with Gasteiger partial charge in [-0.2, -0.15) is 5.26 Å². The molecule has 0 spiro atoms. The van der Waals surface area contributed by atoms with Gasteiger partial charge in [0, 0.05) is 0 Å². The minimum Gasteiger partial charge on any atom is -0.456 e. The normalized spacial score (nSPS) is 11.6. The monoisotopic (exact) mass is 363 g/mol. The van der Waals surface area contributed by atoms with E-state index in [1.54, 1.807) is 51.1 Å². The Kier molecular flexibility index (Phi) is 5.26. The summed E-state index contributed by atoms with van der Waals surface area (Å²) in [7, 11) is 0. The SMILES string of the molecule is CC(C)(C)OC(=O)c1ccc(-c2ccc(OC(F)(F)F)c(C#N)c2)cc1. The van der Waals surface area contributed by atoms with E-state index in [2.05, 4.69) is 4.74 Å². The first kappa shape index (κ1) is 19.3. The number of benzene rings is 2. The molecule has 0 heterocycles. The van der Waals surface area contributed by atoms with Crippen LogP contribution in [0.5, 0.6) is 5.75 Å². The van der Waals surface area contributed by atoms with Crippen molar-refractivity contribution in [2.75, 3.05) is 0 Å². The van der Waals surface area contributed by atoms with Crippen LogP contribution in [-0.2, 0) is 4.74 Å². The molecule has 0 radical (unpaired) electrons. The van der Waals surface area contributed by atoms with Crippen molar-refractivity contribution in [3.05, 3.63) is 53.6 Å². The molecule has 0 aliphatic rings. The lowest BCUT2D eigenvalue weighted by atomic mass is 10.0. The van der Waals surface area contributed by atoms with E-state index in [0.717, 1.165) is 6.07 Å². The van der Waals surface area contributed by atoms with E-state index < -0.39 is 23.7 Å². The Morgan fingerprint density at radius 3 is 2.08 bits per heavy atom. The molecule has 7 heteroatoms. The molecule has 2 aromatic rings. The van der Waals surface area contributed by atoms with Crippen LogP contribution in [0.15, 0.2) is 42.5 Å². The van der Waals surface area contributed by atoms with E-state index in [1.807, 2.05) is 0 Å². The Labute approximate surface area is 148 Å². The minimum atomic E-state index is -4.87. The van der Waals surface area contributed by atoms with Gasteiger partial charge in [0.25, 0.3) is 0 Å². The maximum absolute atomic E-state index is 12.3. The molecule has 0 aromatic heterocycles. The van der Waals surface area contributed by atoms with E-state index in [-0.39, 0.29) is 5.56 Å². The molecule has 2 aromatic carbocycles. The van der Waals surface area contributed by atoms with Gasteiger partial charge in [-0.25, -0.2) is 4.79 Å². The molecule has 26 heavy (non-hydrogen) atoms. The molecular weight excluding hydrogens is 347 g/mol. The molecule has 0 atom stereocenters. The fraction of sp³-hybridized carbons (Fsp3) is 0.263. The van der Waals surface area contributed by atoms with Gasteiger partial charge in [0.05, 0.1) is 11.1 Å². The molecule has 136 valence electrons. The minimum absolute atomic E-state index is 0.240. The van der Waals surface area contributed by atoms with Gasteiger partial charge in [0.15, 0.2) is 0 Å². The van der Waals surface area contributed by atoms with Gasteiger partial charge in [-0.15, -0.1) is 13.2 Å². The van der Waals surface area contributed by atoms with Gasteiger partial charge < -0.3 is 9.47 Å². The number of esters is 1. The first-order valence-electron chi connectivity index (χ1n) is 7.62. The number of rotatable bonds is 3. The van der Waals surface area contributed by atoms with Gasteiger partial charge in [-0.1, -0.05) is 18.2 Å². The van der Waals surface area contributed by atoms with Crippen molar-refractivity contribution in [3.8, 4) is 22.9 Å². The third kappa shape index (κ3) is 5.24. The number of alkyl halides is 3. The van der Waals surface area contributed by atoms with E-state index in [0.29, 0.717) is 16.7 Å². The largest absolute Gasteiger partial charge is 0.573 e. The predicted octanol–water partition coefficient (Wildman–Crippen LogP) is 5.08. The zero-order valence-corrected chi connectivity index (χ0v) is 14.3. The number of hydrogen-bond acceptors (Lipinski definition) is 4. The van der Waals surface area contributed by atoms with Crippen LogP contribution in [0.1, 0.15) is 36.7 Å². The molecule has 0 N–H and O–H groups in total. The standard InChI is InChI=1S/C19H16F3NO3/c1-18(2,3)26-17(24)13-6-4-12(5-7-13)14-8-9-16(15(10-14)11-23)25-19(20,21)22/h4-10H,1-3H3. The summed E-state index contributed by atoms with van der Waals surface area (Å²) in [5.41, 5.74) is 0.641. The lowest BCUT2D eigenvalue weighted by molar-refractivity contribution is -0.274.